The minimum absolute atomic E-state index is 0. The van der Waals surface area contributed by atoms with Crippen LogP contribution in [0.2, 0.25) is 0 Å². The van der Waals surface area contributed by atoms with Crippen LogP contribution >= 0.6 is 24.0 Å². The Morgan fingerprint density at radius 3 is 2.68 bits per heavy atom. The first kappa shape index (κ1) is 22.7. The molecule has 1 aromatic carbocycles. The number of benzene rings is 1. The van der Waals surface area contributed by atoms with Gasteiger partial charge in [0.2, 0.25) is 0 Å². The zero-order chi connectivity index (χ0) is 19.1. The fourth-order valence-electron chi connectivity index (χ4n) is 3.59. The first-order valence-corrected chi connectivity index (χ1v) is 9.78. The molecule has 3 rings (SSSR count). The van der Waals surface area contributed by atoms with Gasteiger partial charge in [0.1, 0.15) is 0 Å². The van der Waals surface area contributed by atoms with Crippen molar-refractivity contribution in [1.82, 2.24) is 19.8 Å². The summed E-state index contributed by atoms with van der Waals surface area (Å²) in [4.78, 5) is 11.5. The zero-order valence-electron chi connectivity index (χ0n) is 17.0. The SMILES string of the molecule is CCNC(=NCc1ccc(COC)cc1)N1CCC(C)C(n2ccnc2)C1.I. The van der Waals surface area contributed by atoms with E-state index in [1.165, 1.54) is 11.1 Å². The Morgan fingerprint density at radius 1 is 1.29 bits per heavy atom. The van der Waals surface area contributed by atoms with Crippen LogP contribution in [0.3, 0.4) is 0 Å². The fourth-order valence-corrected chi connectivity index (χ4v) is 3.59. The Balaban J connectivity index is 0.00000280. The Morgan fingerprint density at radius 2 is 2.04 bits per heavy atom. The van der Waals surface area contributed by atoms with E-state index in [0.29, 0.717) is 25.1 Å². The first-order chi connectivity index (χ1) is 13.2. The maximum Gasteiger partial charge on any atom is 0.194 e. The third kappa shape index (κ3) is 5.94. The van der Waals surface area contributed by atoms with Crippen molar-refractivity contribution in [2.75, 3.05) is 26.7 Å². The molecule has 2 atom stereocenters. The van der Waals surface area contributed by atoms with Gasteiger partial charge in [-0.2, -0.15) is 0 Å². The molecule has 0 bridgehead atoms. The molecular formula is C21H32IN5O. The van der Waals surface area contributed by atoms with Gasteiger partial charge in [-0.05, 0) is 30.4 Å². The van der Waals surface area contributed by atoms with Crippen molar-refractivity contribution in [2.24, 2.45) is 10.9 Å². The number of piperidine rings is 1. The lowest BCUT2D eigenvalue weighted by Gasteiger charge is -2.39. The largest absolute Gasteiger partial charge is 0.380 e. The molecule has 0 saturated carbocycles. The highest BCUT2D eigenvalue weighted by Crippen LogP contribution is 2.27. The number of methoxy groups -OCH3 is 1. The highest BCUT2D eigenvalue weighted by atomic mass is 127. The van der Waals surface area contributed by atoms with Gasteiger partial charge < -0.3 is 19.5 Å². The number of likely N-dealkylation sites (tertiary alicyclic amines) is 1. The Bertz CT molecular complexity index is 717. The number of hydrogen-bond donors (Lipinski definition) is 1. The molecule has 154 valence electrons. The van der Waals surface area contributed by atoms with Crippen molar-refractivity contribution >= 4 is 29.9 Å². The number of aliphatic imine (C=N–C) groups is 1. The molecule has 1 aromatic heterocycles. The molecule has 2 aromatic rings. The predicted molar refractivity (Wildman–Crippen MR) is 124 cm³/mol. The zero-order valence-corrected chi connectivity index (χ0v) is 19.4. The second kappa shape index (κ2) is 11.4. The van der Waals surface area contributed by atoms with E-state index in [0.717, 1.165) is 32.0 Å². The molecular weight excluding hydrogens is 465 g/mol. The van der Waals surface area contributed by atoms with E-state index < -0.39 is 0 Å². The molecule has 0 amide bonds. The van der Waals surface area contributed by atoms with Crippen molar-refractivity contribution in [3.05, 3.63) is 54.1 Å². The quantitative estimate of drug-likeness (QED) is 0.376. The van der Waals surface area contributed by atoms with Gasteiger partial charge in [0.15, 0.2) is 5.96 Å². The van der Waals surface area contributed by atoms with Crippen LogP contribution in [0.4, 0.5) is 0 Å². The van der Waals surface area contributed by atoms with Crippen LogP contribution in [0.15, 0.2) is 48.0 Å². The summed E-state index contributed by atoms with van der Waals surface area (Å²) in [5.74, 6) is 1.63. The van der Waals surface area contributed by atoms with Gasteiger partial charge in [-0.3, -0.25) is 0 Å². The van der Waals surface area contributed by atoms with Gasteiger partial charge in [0.25, 0.3) is 0 Å². The molecule has 0 spiro atoms. The summed E-state index contributed by atoms with van der Waals surface area (Å²) in [5.41, 5.74) is 2.40. The molecule has 1 aliphatic rings. The van der Waals surface area contributed by atoms with E-state index in [1.807, 2.05) is 12.5 Å². The summed E-state index contributed by atoms with van der Waals surface area (Å²) >= 11 is 0. The first-order valence-electron chi connectivity index (χ1n) is 9.78. The minimum Gasteiger partial charge on any atom is -0.380 e. The molecule has 1 aliphatic heterocycles. The average Bonchev–Trinajstić information content (AvgIpc) is 3.22. The molecule has 1 saturated heterocycles. The number of halogens is 1. The van der Waals surface area contributed by atoms with E-state index in [-0.39, 0.29) is 24.0 Å². The van der Waals surface area contributed by atoms with Crippen LogP contribution in [0.25, 0.3) is 0 Å². The third-order valence-electron chi connectivity index (χ3n) is 5.21. The van der Waals surface area contributed by atoms with Crippen LogP contribution in [0.5, 0.6) is 0 Å². The van der Waals surface area contributed by atoms with Crippen LogP contribution in [-0.4, -0.2) is 47.2 Å². The maximum absolute atomic E-state index is 5.18. The van der Waals surface area contributed by atoms with E-state index in [4.69, 9.17) is 9.73 Å². The van der Waals surface area contributed by atoms with Gasteiger partial charge in [0, 0.05) is 39.1 Å². The molecule has 6 nitrogen and oxygen atoms in total. The van der Waals surface area contributed by atoms with E-state index in [9.17, 15) is 0 Å². The average molecular weight is 497 g/mol. The summed E-state index contributed by atoms with van der Waals surface area (Å²) in [6, 6.07) is 8.92. The van der Waals surface area contributed by atoms with Crippen molar-refractivity contribution in [2.45, 2.75) is 39.5 Å². The monoisotopic (exact) mass is 497 g/mol. The van der Waals surface area contributed by atoms with Crippen LogP contribution in [0, 0.1) is 5.92 Å². The normalized spacial score (nSPS) is 20.0. The third-order valence-corrected chi connectivity index (χ3v) is 5.21. The lowest BCUT2D eigenvalue weighted by atomic mass is 9.93. The van der Waals surface area contributed by atoms with Crippen molar-refractivity contribution < 1.29 is 4.74 Å². The summed E-state index contributed by atoms with van der Waals surface area (Å²) in [6.45, 7) is 8.63. The van der Waals surface area contributed by atoms with Gasteiger partial charge in [-0.1, -0.05) is 31.2 Å². The number of nitrogens with one attached hydrogen (secondary N) is 1. The van der Waals surface area contributed by atoms with Crippen LogP contribution in [-0.2, 0) is 17.9 Å². The number of ether oxygens (including phenoxy) is 1. The summed E-state index contributed by atoms with van der Waals surface area (Å²) in [7, 11) is 1.72. The van der Waals surface area contributed by atoms with Gasteiger partial charge >= 0.3 is 0 Å². The Hall–Kier alpha value is -1.61. The highest BCUT2D eigenvalue weighted by Gasteiger charge is 2.28. The molecule has 28 heavy (non-hydrogen) atoms. The predicted octanol–water partition coefficient (Wildman–Crippen LogP) is 3.70. The second-order valence-corrected chi connectivity index (χ2v) is 7.21. The van der Waals surface area contributed by atoms with Crippen molar-refractivity contribution in [1.29, 1.82) is 0 Å². The fraction of sp³-hybridized carbons (Fsp3) is 0.524. The van der Waals surface area contributed by atoms with E-state index in [1.54, 1.807) is 7.11 Å². The lowest BCUT2D eigenvalue weighted by molar-refractivity contribution is 0.185. The van der Waals surface area contributed by atoms with Crippen LogP contribution in [0.1, 0.15) is 37.4 Å². The molecule has 0 aliphatic carbocycles. The second-order valence-electron chi connectivity index (χ2n) is 7.21. The van der Waals surface area contributed by atoms with Crippen molar-refractivity contribution in [3.8, 4) is 0 Å². The molecule has 2 heterocycles. The number of guanidine groups is 1. The topological polar surface area (TPSA) is 54.7 Å². The van der Waals surface area contributed by atoms with Gasteiger partial charge in [0.05, 0.1) is 25.5 Å². The minimum atomic E-state index is 0. The number of imidazole rings is 1. The van der Waals surface area contributed by atoms with Crippen LogP contribution < -0.4 is 5.32 Å². The number of aromatic nitrogens is 2. The highest BCUT2D eigenvalue weighted by molar-refractivity contribution is 14.0. The standard InChI is InChI=1S/C21H31N5O.HI/c1-4-23-21(24-13-18-5-7-19(8-6-18)15-27-3)25-11-9-17(2)20(14-25)26-12-10-22-16-26;/h5-8,10,12,16-17,20H,4,9,11,13-15H2,1-3H3,(H,23,24);1H. The molecule has 1 fully saturated rings. The Kier molecular flexibility index (Phi) is 9.24. The summed E-state index contributed by atoms with van der Waals surface area (Å²) in [6.07, 6.45) is 7.00. The summed E-state index contributed by atoms with van der Waals surface area (Å²) in [5, 5.41) is 3.47. The molecule has 0 radical (unpaired) electrons. The Labute approximate surface area is 185 Å². The maximum atomic E-state index is 5.18. The number of rotatable bonds is 6. The number of nitrogens with zero attached hydrogens (tertiary/aromatic N) is 4. The van der Waals surface area contributed by atoms with Gasteiger partial charge in [-0.15, -0.1) is 24.0 Å². The molecule has 1 N–H and O–H groups in total. The number of hydrogen-bond acceptors (Lipinski definition) is 3. The molecule has 7 heteroatoms. The smallest absolute Gasteiger partial charge is 0.194 e. The van der Waals surface area contributed by atoms with E-state index in [2.05, 4.69) is 64.1 Å². The molecule has 2 unspecified atom stereocenters. The summed E-state index contributed by atoms with van der Waals surface area (Å²) < 4.78 is 7.41. The van der Waals surface area contributed by atoms with Gasteiger partial charge in [-0.25, -0.2) is 9.98 Å². The lowest BCUT2D eigenvalue weighted by Crippen LogP contribution is -2.49. The van der Waals surface area contributed by atoms with Crippen molar-refractivity contribution in [3.63, 3.8) is 0 Å². The van der Waals surface area contributed by atoms with E-state index >= 15 is 0 Å².